The van der Waals surface area contributed by atoms with Crippen molar-refractivity contribution in [2.45, 2.75) is 12.5 Å². The average Bonchev–Trinajstić information content (AvgIpc) is 2.19. The summed E-state index contributed by atoms with van der Waals surface area (Å²) < 4.78 is 0. The Balaban J connectivity index is 2.81. The van der Waals surface area contributed by atoms with Crippen LogP contribution in [0.3, 0.4) is 0 Å². The molecule has 1 rings (SSSR count). The smallest absolute Gasteiger partial charge is 0.0647 e. The molecule has 0 heterocycles. The van der Waals surface area contributed by atoms with Crippen LogP contribution in [0.4, 0.5) is 0 Å². The van der Waals surface area contributed by atoms with E-state index >= 15 is 0 Å². The van der Waals surface area contributed by atoms with Crippen LogP contribution in [0.5, 0.6) is 0 Å². The zero-order chi connectivity index (χ0) is 9.52. The van der Waals surface area contributed by atoms with Gasteiger partial charge in [-0.25, -0.2) is 0 Å². The first-order valence-electron chi connectivity index (χ1n) is 4.08. The normalized spacial score (nSPS) is 11.8. The Morgan fingerprint density at radius 1 is 1.38 bits per heavy atom. The second-order valence-electron chi connectivity index (χ2n) is 2.64. The van der Waals surface area contributed by atoms with Crippen LogP contribution in [-0.2, 0) is 0 Å². The third-order valence-electron chi connectivity index (χ3n) is 1.78. The van der Waals surface area contributed by atoms with E-state index in [9.17, 15) is 0 Å². The van der Waals surface area contributed by atoms with Crippen molar-refractivity contribution in [3.63, 3.8) is 0 Å². The minimum atomic E-state index is -0.254. The van der Waals surface area contributed by atoms with Crippen LogP contribution < -0.4 is 0 Å². The highest BCUT2D eigenvalue weighted by molar-refractivity contribution is 5.18. The van der Waals surface area contributed by atoms with Gasteiger partial charge >= 0.3 is 0 Å². The van der Waals surface area contributed by atoms with Crippen molar-refractivity contribution in [2.24, 2.45) is 5.11 Å². The largest absolute Gasteiger partial charge is 0.396 e. The second kappa shape index (κ2) is 5.19. The van der Waals surface area contributed by atoms with Crippen molar-refractivity contribution in [2.75, 3.05) is 6.61 Å². The van der Waals surface area contributed by atoms with Crippen molar-refractivity contribution < 1.29 is 5.11 Å². The summed E-state index contributed by atoms with van der Waals surface area (Å²) in [5, 5.41) is 12.3. The van der Waals surface area contributed by atoms with E-state index in [1.54, 1.807) is 0 Å². The molecule has 0 amide bonds. The molecule has 4 heteroatoms. The van der Waals surface area contributed by atoms with Crippen molar-refractivity contribution in [3.05, 3.63) is 46.3 Å². The fourth-order valence-corrected chi connectivity index (χ4v) is 1.15. The van der Waals surface area contributed by atoms with Crippen molar-refractivity contribution in [3.8, 4) is 0 Å². The molecule has 0 aliphatic carbocycles. The molecule has 1 N–H and O–H groups in total. The molecule has 0 saturated heterocycles. The molecule has 0 aromatic heterocycles. The Labute approximate surface area is 76.5 Å². The van der Waals surface area contributed by atoms with Gasteiger partial charge in [-0.1, -0.05) is 35.4 Å². The second-order valence-corrected chi connectivity index (χ2v) is 2.64. The molecule has 68 valence electrons. The highest BCUT2D eigenvalue weighted by Crippen LogP contribution is 2.20. The average molecular weight is 177 g/mol. The summed E-state index contributed by atoms with van der Waals surface area (Å²) in [6, 6.07) is 9.18. The molecule has 0 fully saturated rings. The van der Waals surface area contributed by atoms with Gasteiger partial charge in [-0.15, -0.1) is 0 Å². The number of benzene rings is 1. The van der Waals surface area contributed by atoms with E-state index in [1.807, 2.05) is 30.3 Å². The van der Waals surface area contributed by atoms with Crippen molar-refractivity contribution >= 4 is 0 Å². The summed E-state index contributed by atoms with van der Waals surface area (Å²) in [7, 11) is 0. The van der Waals surface area contributed by atoms with E-state index in [0.29, 0.717) is 6.42 Å². The molecule has 0 aliphatic rings. The molecule has 0 unspecified atom stereocenters. The first kappa shape index (κ1) is 9.58. The van der Waals surface area contributed by atoms with Crippen LogP contribution in [0.1, 0.15) is 18.0 Å². The lowest BCUT2D eigenvalue weighted by Gasteiger charge is -2.08. The Kier molecular flexibility index (Phi) is 3.82. The summed E-state index contributed by atoms with van der Waals surface area (Å²) in [4.78, 5) is 2.74. The van der Waals surface area contributed by atoms with Crippen LogP contribution in [0.25, 0.3) is 10.4 Å². The van der Waals surface area contributed by atoms with Crippen molar-refractivity contribution in [1.82, 2.24) is 0 Å². The molecular weight excluding hydrogens is 166 g/mol. The Morgan fingerprint density at radius 2 is 2.08 bits per heavy atom. The van der Waals surface area contributed by atoms with Gasteiger partial charge in [0.05, 0.1) is 6.04 Å². The first-order chi connectivity index (χ1) is 6.38. The SMILES string of the molecule is [N-]=[N+]=N[C@@H](CCO)c1ccccc1. The van der Waals surface area contributed by atoms with Gasteiger partial charge in [-0.2, -0.15) is 0 Å². The van der Waals surface area contributed by atoms with Gasteiger partial charge in [-0.05, 0) is 17.5 Å². The van der Waals surface area contributed by atoms with E-state index in [2.05, 4.69) is 10.0 Å². The lowest BCUT2D eigenvalue weighted by Crippen LogP contribution is -1.97. The topological polar surface area (TPSA) is 69.0 Å². The Morgan fingerprint density at radius 3 is 2.62 bits per heavy atom. The maximum Gasteiger partial charge on any atom is 0.0647 e. The van der Waals surface area contributed by atoms with Gasteiger partial charge in [0.15, 0.2) is 0 Å². The molecule has 0 spiro atoms. The number of hydrogen-bond acceptors (Lipinski definition) is 2. The van der Waals surface area contributed by atoms with E-state index in [0.717, 1.165) is 5.56 Å². The van der Waals surface area contributed by atoms with E-state index in [1.165, 1.54) is 0 Å². The van der Waals surface area contributed by atoms with Crippen LogP contribution in [0.2, 0.25) is 0 Å². The van der Waals surface area contributed by atoms with Crippen LogP contribution in [-0.4, -0.2) is 11.7 Å². The number of nitrogens with zero attached hydrogens (tertiary/aromatic N) is 3. The molecular formula is C9H11N3O. The molecule has 1 aromatic carbocycles. The van der Waals surface area contributed by atoms with Crippen LogP contribution >= 0.6 is 0 Å². The Hall–Kier alpha value is -1.51. The number of aliphatic hydroxyl groups excluding tert-OH is 1. The van der Waals surface area contributed by atoms with Crippen molar-refractivity contribution in [1.29, 1.82) is 0 Å². The number of aliphatic hydroxyl groups is 1. The van der Waals surface area contributed by atoms with E-state index in [-0.39, 0.29) is 12.6 Å². The number of rotatable bonds is 4. The predicted molar refractivity (Wildman–Crippen MR) is 50.0 cm³/mol. The fourth-order valence-electron chi connectivity index (χ4n) is 1.15. The molecule has 0 radical (unpaired) electrons. The molecule has 1 aromatic rings. The van der Waals surface area contributed by atoms with Crippen LogP contribution in [0, 0.1) is 0 Å². The Bertz CT molecular complexity index is 293. The lowest BCUT2D eigenvalue weighted by atomic mass is 10.1. The van der Waals surface area contributed by atoms with Gasteiger partial charge in [0, 0.05) is 11.5 Å². The predicted octanol–water partition coefficient (Wildman–Crippen LogP) is 2.42. The monoisotopic (exact) mass is 177 g/mol. The summed E-state index contributed by atoms with van der Waals surface area (Å²) in [5.74, 6) is 0. The molecule has 1 atom stereocenters. The van der Waals surface area contributed by atoms with Gasteiger partial charge in [0.2, 0.25) is 0 Å². The standard InChI is InChI=1S/C9H11N3O/c10-12-11-9(6-7-13)8-4-2-1-3-5-8/h1-5,9,13H,6-7H2/t9-/m0/s1. The molecule has 13 heavy (non-hydrogen) atoms. The highest BCUT2D eigenvalue weighted by atomic mass is 16.3. The van der Waals surface area contributed by atoms with Gasteiger partial charge in [0.25, 0.3) is 0 Å². The van der Waals surface area contributed by atoms with Gasteiger partial charge in [-0.3, -0.25) is 0 Å². The molecule has 0 bridgehead atoms. The van der Waals surface area contributed by atoms with Gasteiger partial charge < -0.3 is 5.11 Å². The molecule has 0 aliphatic heterocycles. The molecule has 0 saturated carbocycles. The summed E-state index contributed by atoms with van der Waals surface area (Å²) in [6.45, 7) is 0.0264. The highest BCUT2D eigenvalue weighted by Gasteiger charge is 2.06. The lowest BCUT2D eigenvalue weighted by molar-refractivity contribution is 0.276. The third-order valence-corrected chi connectivity index (χ3v) is 1.78. The van der Waals surface area contributed by atoms with E-state index in [4.69, 9.17) is 10.6 Å². The first-order valence-corrected chi connectivity index (χ1v) is 4.08. The summed E-state index contributed by atoms with van der Waals surface area (Å²) >= 11 is 0. The zero-order valence-electron chi connectivity index (χ0n) is 7.17. The zero-order valence-corrected chi connectivity index (χ0v) is 7.17. The maximum absolute atomic E-state index is 8.74. The maximum atomic E-state index is 8.74. The van der Waals surface area contributed by atoms with Gasteiger partial charge in [0.1, 0.15) is 0 Å². The third kappa shape index (κ3) is 2.78. The van der Waals surface area contributed by atoms with E-state index < -0.39 is 0 Å². The minimum absolute atomic E-state index is 0.0264. The fraction of sp³-hybridized carbons (Fsp3) is 0.333. The minimum Gasteiger partial charge on any atom is -0.396 e. The number of azide groups is 1. The summed E-state index contributed by atoms with van der Waals surface area (Å²) in [5.41, 5.74) is 9.24. The number of hydrogen-bond donors (Lipinski definition) is 1. The summed E-state index contributed by atoms with van der Waals surface area (Å²) in [6.07, 6.45) is 0.466. The van der Waals surface area contributed by atoms with Crippen LogP contribution in [0.15, 0.2) is 35.4 Å². The quantitative estimate of drug-likeness (QED) is 0.428. The molecule has 4 nitrogen and oxygen atoms in total.